The second kappa shape index (κ2) is 3.34. The molecule has 0 saturated carbocycles. The zero-order chi connectivity index (χ0) is 8.32. The molecule has 3 nitrogen and oxygen atoms in total. The van der Waals surface area contributed by atoms with Crippen molar-refractivity contribution in [1.82, 2.24) is 0 Å². The zero-order valence-corrected chi connectivity index (χ0v) is 7.36. The van der Waals surface area contributed by atoms with Crippen LogP contribution in [0.5, 0.6) is 0 Å². The van der Waals surface area contributed by atoms with Gasteiger partial charge < -0.3 is 0 Å². The van der Waals surface area contributed by atoms with Gasteiger partial charge in [-0.15, -0.1) is 11.3 Å². The minimum Gasteiger partial charge on any atom is -0.286 e. The van der Waals surface area contributed by atoms with Crippen LogP contribution in [0.4, 0.5) is 0 Å². The highest BCUT2D eigenvalue weighted by molar-refractivity contribution is 7.85. The Morgan fingerprint density at radius 1 is 1.55 bits per heavy atom. The van der Waals surface area contributed by atoms with Crippen molar-refractivity contribution >= 4 is 21.5 Å². The molecule has 1 N–H and O–H groups in total. The standard InChI is InChI=1S/C6H8O3S2/c7-11(8,9)5-3-6-2-1-4-10-6/h1-2,4H,3,5H2,(H,7,8,9). The Morgan fingerprint density at radius 2 is 2.27 bits per heavy atom. The number of aryl methyl sites for hydroxylation is 1. The first kappa shape index (κ1) is 8.70. The van der Waals surface area contributed by atoms with Crippen molar-refractivity contribution in [2.75, 3.05) is 5.75 Å². The molecular formula is C6H8O3S2. The van der Waals surface area contributed by atoms with E-state index in [4.69, 9.17) is 4.55 Å². The van der Waals surface area contributed by atoms with Crippen LogP contribution in [0, 0.1) is 0 Å². The van der Waals surface area contributed by atoms with Crippen molar-refractivity contribution in [3.8, 4) is 0 Å². The van der Waals surface area contributed by atoms with Crippen molar-refractivity contribution in [2.24, 2.45) is 0 Å². The summed E-state index contributed by atoms with van der Waals surface area (Å²) in [5.41, 5.74) is 0. The fraction of sp³-hybridized carbons (Fsp3) is 0.333. The van der Waals surface area contributed by atoms with Gasteiger partial charge in [0.25, 0.3) is 10.1 Å². The minimum atomic E-state index is -3.79. The molecule has 5 heteroatoms. The van der Waals surface area contributed by atoms with E-state index in [-0.39, 0.29) is 5.75 Å². The second-order valence-electron chi connectivity index (χ2n) is 2.12. The van der Waals surface area contributed by atoms with E-state index in [0.29, 0.717) is 6.42 Å². The van der Waals surface area contributed by atoms with Crippen molar-refractivity contribution in [3.63, 3.8) is 0 Å². The van der Waals surface area contributed by atoms with E-state index >= 15 is 0 Å². The van der Waals surface area contributed by atoms with Gasteiger partial charge in [0, 0.05) is 4.88 Å². The van der Waals surface area contributed by atoms with E-state index in [2.05, 4.69) is 0 Å². The van der Waals surface area contributed by atoms with Gasteiger partial charge in [0.15, 0.2) is 0 Å². The first-order valence-corrected chi connectivity index (χ1v) is 5.54. The SMILES string of the molecule is O=S(=O)(O)CCc1cccs1. The lowest BCUT2D eigenvalue weighted by Crippen LogP contribution is -2.05. The fourth-order valence-corrected chi connectivity index (χ4v) is 2.00. The first-order chi connectivity index (χ1) is 5.08. The lowest BCUT2D eigenvalue weighted by molar-refractivity contribution is 0.483. The average Bonchev–Trinajstić information content (AvgIpc) is 2.32. The summed E-state index contributed by atoms with van der Waals surface area (Å²) in [6, 6.07) is 3.69. The summed E-state index contributed by atoms with van der Waals surface area (Å²) in [4.78, 5) is 0.975. The monoisotopic (exact) mass is 192 g/mol. The number of hydrogen-bond acceptors (Lipinski definition) is 3. The molecule has 0 unspecified atom stereocenters. The number of hydrogen-bond donors (Lipinski definition) is 1. The molecule has 0 saturated heterocycles. The van der Waals surface area contributed by atoms with Gasteiger partial charge >= 0.3 is 0 Å². The highest BCUT2D eigenvalue weighted by atomic mass is 32.2. The molecule has 1 rings (SSSR count). The summed E-state index contributed by atoms with van der Waals surface area (Å²) in [6.07, 6.45) is 0.399. The van der Waals surface area contributed by atoms with Crippen LogP contribution in [-0.4, -0.2) is 18.7 Å². The summed E-state index contributed by atoms with van der Waals surface area (Å²) >= 11 is 1.49. The van der Waals surface area contributed by atoms with Crippen LogP contribution in [0.25, 0.3) is 0 Å². The lowest BCUT2D eigenvalue weighted by Gasteiger charge is -1.92. The molecule has 1 aromatic rings. The molecular weight excluding hydrogens is 184 g/mol. The second-order valence-corrected chi connectivity index (χ2v) is 4.72. The Bertz CT molecular complexity index is 299. The Hall–Kier alpha value is -0.390. The highest BCUT2D eigenvalue weighted by Gasteiger charge is 2.04. The topological polar surface area (TPSA) is 54.4 Å². The third-order valence-electron chi connectivity index (χ3n) is 1.19. The summed E-state index contributed by atoms with van der Waals surface area (Å²) in [6.45, 7) is 0. The van der Waals surface area contributed by atoms with Gasteiger partial charge in [0.1, 0.15) is 0 Å². The molecule has 0 aliphatic heterocycles. The highest BCUT2D eigenvalue weighted by Crippen LogP contribution is 2.09. The summed E-state index contributed by atoms with van der Waals surface area (Å²) in [5.74, 6) is -0.187. The van der Waals surface area contributed by atoms with E-state index in [1.165, 1.54) is 11.3 Å². The normalized spacial score (nSPS) is 11.7. The van der Waals surface area contributed by atoms with Crippen LogP contribution in [0.2, 0.25) is 0 Å². The molecule has 0 spiro atoms. The third-order valence-corrected chi connectivity index (χ3v) is 2.84. The maximum absolute atomic E-state index is 10.3. The Labute approximate surface area is 69.4 Å². The van der Waals surface area contributed by atoms with E-state index in [0.717, 1.165) is 4.88 Å². The summed E-state index contributed by atoms with van der Waals surface area (Å²) in [5, 5.41) is 1.87. The van der Waals surface area contributed by atoms with Crippen molar-refractivity contribution < 1.29 is 13.0 Å². The first-order valence-electron chi connectivity index (χ1n) is 3.05. The molecule has 0 amide bonds. The molecule has 0 fully saturated rings. The average molecular weight is 192 g/mol. The summed E-state index contributed by atoms with van der Waals surface area (Å²) < 4.78 is 29.0. The fourth-order valence-electron chi connectivity index (χ4n) is 0.684. The number of thiophene rings is 1. The van der Waals surface area contributed by atoms with E-state index in [1.54, 1.807) is 0 Å². The minimum absolute atomic E-state index is 0.187. The molecule has 0 radical (unpaired) electrons. The van der Waals surface area contributed by atoms with Crippen LogP contribution in [0.15, 0.2) is 17.5 Å². The van der Waals surface area contributed by atoms with Crippen molar-refractivity contribution in [1.29, 1.82) is 0 Å². The predicted octanol–water partition coefficient (Wildman–Crippen LogP) is 1.18. The molecule has 0 aromatic carbocycles. The largest absolute Gasteiger partial charge is 0.286 e. The summed E-state index contributed by atoms with van der Waals surface area (Å²) in [7, 11) is -3.79. The van der Waals surface area contributed by atoms with Crippen LogP contribution >= 0.6 is 11.3 Å². The van der Waals surface area contributed by atoms with Crippen LogP contribution in [0.3, 0.4) is 0 Å². The molecule has 11 heavy (non-hydrogen) atoms. The molecule has 0 bridgehead atoms. The van der Waals surface area contributed by atoms with Gasteiger partial charge in [0.05, 0.1) is 5.75 Å². The van der Waals surface area contributed by atoms with Crippen LogP contribution < -0.4 is 0 Å². The van der Waals surface area contributed by atoms with Crippen molar-refractivity contribution in [2.45, 2.75) is 6.42 Å². The molecule has 1 heterocycles. The molecule has 0 aliphatic rings. The van der Waals surface area contributed by atoms with E-state index in [1.807, 2.05) is 17.5 Å². The van der Waals surface area contributed by atoms with Gasteiger partial charge in [-0.1, -0.05) is 6.07 Å². The van der Waals surface area contributed by atoms with Gasteiger partial charge in [0.2, 0.25) is 0 Å². The van der Waals surface area contributed by atoms with E-state index in [9.17, 15) is 8.42 Å². The zero-order valence-electron chi connectivity index (χ0n) is 5.73. The quantitative estimate of drug-likeness (QED) is 0.732. The van der Waals surface area contributed by atoms with E-state index < -0.39 is 10.1 Å². The Morgan fingerprint density at radius 3 is 2.73 bits per heavy atom. The molecule has 0 atom stereocenters. The van der Waals surface area contributed by atoms with Crippen LogP contribution in [0.1, 0.15) is 4.88 Å². The molecule has 0 aliphatic carbocycles. The third kappa shape index (κ3) is 3.50. The molecule has 62 valence electrons. The maximum atomic E-state index is 10.3. The van der Waals surface area contributed by atoms with Crippen molar-refractivity contribution in [3.05, 3.63) is 22.4 Å². The van der Waals surface area contributed by atoms with Gasteiger partial charge in [-0.2, -0.15) is 8.42 Å². The Balaban J connectivity index is 2.48. The predicted molar refractivity (Wildman–Crippen MR) is 44.4 cm³/mol. The van der Waals surface area contributed by atoms with Gasteiger partial charge in [-0.25, -0.2) is 0 Å². The number of rotatable bonds is 3. The van der Waals surface area contributed by atoms with Crippen LogP contribution in [-0.2, 0) is 16.5 Å². The molecule has 1 aromatic heterocycles. The Kier molecular flexibility index (Phi) is 2.64. The van der Waals surface area contributed by atoms with Gasteiger partial charge in [-0.05, 0) is 17.9 Å². The smallest absolute Gasteiger partial charge is 0.265 e. The lowest BCUT2D eigenvalue weighted by atomic mass is 10.4. The van der Waals surface area contributed by atoms with Gasteiger partial charge in [-0.3, -0.25) is 4.55 Å². The maximum Gasteiger partial charge on any atom is 0.265 e.